The monoisotopic (exact) mass is 1880 g/mol. The summed E-state index contributed by atoms with van der Waals surface area (Å²) in [7, 11) is 0. The minimum absolute atomic E-state index is 0.890. The maximum absolute atomic E-state index is 6.78. The highest BCUT2D eigenvalue weighted by Crippen LogP contribution is 2.58. The van der Waals surface area contributed by atoms with Crippen molar-refractivity contribution in [2.24, 2.45) is 0 Å². The number of hydrogen-bond acceptors (Lipinski definition) is 4. The Hall–Kier alpha value is -19.5. The number of rotatable bonds is 9. The molecule has 4 nitrogen and oxygen atoms in total. The lowest BCUT2D eigenvalue weighted by molar-refractivity contribution is 0.669. The summed E-state index contributed by atoms with van der Waals surface area (Å²) in [6, 6.07) is 185. The van der Waals surface area contributed by atoms with Crippen LogP contribution in [-0.4, -0.2) is 0 Å². The molecule has 1 aliphatic rings. The van der Waals surface area contributed by atoms with Crippen molar-refractivity contribution < 1.29 is 17.7 Å². The molecule has 28 aromatic carbocycles. The third kappa shape index (κ3) is 12.6. The molecule has 684 valence electrons. The number of para-hydroxylation sites is 4. The lowest BCUT2D eigenvalue weighted by Crippen LogP contribution is -1.93. The molecule has 1 aliphatic carbocycles. The third-order valence-corrected chi connectivity index (χ3v) is 31.7. The summed E-state index contributed by atoms with van der Waals surface area (Å²) in [6.07, 6.45) is 0. The number of hydrogen-bond donors (Lipinski definition) is 0. The van der Waals surface area contributed by atoms with E-state index in [1.54, 1.807) is 0 Å². The first-order valence-corrected chi connectivity index (χ1v) is 51.0. The van der Waals surface area contributed by atoms with Crippen molar-refractivity contribution in [3.63, 3.8) is 0 Å². The highest BCUT2D eigenvalue weighted by Gasteiger charge is 2.31. The molecular weight excluding hydrogens is 1790 g/mol. The van der Waals surface area contributed by atoms with E-state index in [2.05, 4.69) is 497 Å². The average molecular weight is 1880 g/mol. The number of benzene rings is 28. The Balaban J connectivity index is 0.000000100. The van der Waals surface area contributed by atoms with E-state index in [9.17, 15) is 0 Å². The third-order valence-electron chi connectivity index (χ3n) is 31.7. The van der Waals surface area contributed by atoms with E-state index in [4.69, 9.17) is 17.7 Å². The molecule has 0 saturated carbocycles. The van der Waals surface area contributed by atoms with Crippen LogP contribution in [0.1, 0.15) is 0 Å². The van der Waals surface area contributed by atoms with Gasteiger partial charge in [0.15, 0.2) is 0 Å². The molecule has 148 heavy (non-hydrogen) atoms. The van der Waals surface area contributed by atoms with Gasteiger partial charge in [-0.2, -0.15) is 0 Å². The van der Waals surface area contributed by atoms with Gasteiger partial charge in [-0.3, -0.25) is 0 Å². The summed E-state index contributed by atoms with van der Waals surface area (Å²) in [5.74, 6) is 0. The summed E-state index contributed by atoms with van der Waals surface area (Å²) in [6.45, 7) is 0. The summed E-state index contributed by atoms with van der Waals surface area (Å²) in [5.41, 5.74) is 34.0. The summed E-state index contributed by atoms with van der Waals surface area (Å²) in [5, 5.41) is 36.8. The fourth-order valence-electron chi connectivity index (χ4n) is 25.4. The normalized spacial score (nSPS) is 12.1. The van der Waals surface area contributed by atoms with E-state index in [0.717, 1.165) is 127 Å². The van der Waals surface area contributed by atoms with E-state index < -0.39 is 0 Å². The van der Waals surface area contributed by atoms with Gasteiger partial charge in [0.2, 0.25) is 0 Å². The average Bonchev–Trinajstić information content (AvgIpc) is 1.61. The SMILES string of the molecule is c1ccc(-c2ccc(-c3c4ccccc4c(-c4ccc5c6c(cccc46)-c4ccccc4-5)c4ccccc34)c3c2oc2ccccc23)cc1.c1ccc(-c2ccc(-c3c4ccccc4c(-c4ccc5ccc6cccc7ccc4c5c67)c4ccccc34)c3c2oc2ccccc23)cc1.c1ccc2cc(-c3ccc(-c4c5ccccc5c(-c5ccc6c(c5)oc5ccccc56)c5ccccc45)c4c3oc3ccccc34)ccc2c1. The van der Waals surface area contributed by atoms with Crippen molar-refractivity contribution in [3.05, 3.63) is 510 Å². The van der Waals surface area contributed by atoms with E-state index in [1.165, 1.54) is 202 Å². The van der Waals surface area contributed by atoms with Crippen LogP contribution in [0.4, 0.5) is 0 Å². The van der Waals surface area contributed by atoms with Crippen LogP contribution >= 0.6 is 0 Å². The van der Waals surface area contributed by atoms with Crippen molar-refractivity contribution in [3.8, 4) is 122 Å². The first-order chi connectivity index (χ1) is 73.5. The molecule has 4 heterocycles. The molecule has 0 aliphatic heterocycles. The van der Waals surface area contributed by atoms with Crippen molar-refractivity contribution in [1.82, 2.24) is 0 Å². The maximum Gasteiger partial charge on any atom is 0.143 e. The maximum atomic E-state index is 6.78. The van der Waals surface area contributed by atoms with Gasteiger partial charge in [-0.25, -0.2) is 0 Å². The Bertz CT molecular complexity index is 11000. The van der Waals surface area contributed by atoms with Gasteiger partial charge in [0.25, 0.3) is 0 Å². The largest absolute Gasteiger partial charge is 0.456 e. The van der Waals surface area contributed by atoms with Crippen LogP contribution in [0.2, 0.25) is 0 Å². The van der Waals surface area contributed by atoms with Gasteiger partial charge in [-0.05, 0) is 285 Å². The van der Waals surface area contributed by atoms with Crippen LogP contribution in [0, 0.1) is 0 Å². The van der Waals surface area contributed by atoms with Gasteiger partial charge in [-0.15, -0.1) is 0 Å². The molecule has 0 atom stereocenters. The Kier molecular flexibility index (Phi) is 18.6. The predicted octanol–water partition coefficient (Wildman–Crippen LogP) is 41.4. The molecule has 0 spiro atoms. The van der Waals surface area contributed by atoms with E-state index >= 15 is 0 Å². The zero-order valence-electron chi connectivity index (χ0n) is 80.1. The molecule has 4 aromatic heterocycles. The number of fused-ring (bicyclic) bond motifs is 22. The summed E-state index contributed by atoms with van der Waals surface area (Å²) >= 11 is 0. The molecule has 33 rings (SSSR count). The Morgan fingerprint density at radius 1 is 0.101 bits per heavy atom. The van der Waals surface area contributed by atoms with Gasteiger partial charge >= 0.3 is 0 Å². The summed E-state index contributed by atoms with van der Waals surface area (Å²) < 4.78 is 26.6. The second-order valence-corrected chi connectivity index (χ2v) is 39.4. The zero-order valence-corrected chi connectivity index (χ0v) is 80.1. The number of furan rings is 4. The molecule has 32 aromatic rings. The predicted molar refractivity (Wildman–Crippen MR) is 626 cm³/mol. The van der Waals surface area contributed by atoms with Crippen LogP contribution in [0.25, 0.3) is 329 Å². The molecule has 0 saturated heterocycles. The standard InChI is InChI=1S/C48H28O2.2C48H28O/c1-2-12-30-27-31(22-21-29(30)11-1)33-25-26-41(47-40-18-8-10-20-43(40)50-48(33)47)46-38-16-5-3-14-36(38)45(37-15-4-6-17-39(37)46)32-23-24-35-34-13-7-9-19-42(34)49-44(35)28-32;1-2-11-29(12-3-1)33-27-28-41(47-40-19-8-9-20-42(40)49-48(33)47)46-36-17-6-4-15-34(36)45(35-16-5-7-18-37(35)46)39-26-24-32-22-21-30-13-10-14-31-23-25-38(39)44(32)43(30)31;1-2-13-29(14-3-1)30-25-28-42(47-41-21-10-11-24-43(41)49-48(30)47)46-36-19-8-6-17-34(36)45(35-18-7-9-20-37(35)46)40-27-26-39-32-16-5-4-15-31(32)33-22-12-23-38(40)44(33)39/h1-28H;2*1-28H. The lowest BCUT2D eigenvalue weighted by atomic mass is 9.82. The minimum atomic E-state index is 0.890. The highest BCUT2D eigenvalue weighted by molar-refractivity contribution is 6.35. The Morgan fingerprint density at radius 2 is 0.372 bits per heavy atom. The second kappa shape index (κ2) is 33.0. The van der Waals surface area contributed by atoms with E-state index in [-0.39, 0.29) is 0 Å². The summed E-state index contributed by atoms with van der Waals surface area (Å²) in [4.78, 5) is 0. The van der Waals surface area contributed by atoms with Gasteiger partial charge in [0.05, 0.1) is 0 Å². The quantitative estimate of drug-likeness (QED) is 0.107. The van der Waals surface area contributed by atoms with Crippen molar-refractivity contribution >= 4 is 206 Å². The van der Waals surface area contributed by atoms with Gasteiger partial charge < -0.3 is 17.7 Å². The molecule has 0 N–H and O–H groups in total. The van der Waals surface area contributed by atoms with Gasteiger partial charge in [-0.1, -0.05) is 449 Å². The topological polar surface area (TPSA) is 52.6 Å². The first-order valence-electron chi connectivity index (χ1n) is 51.0. The fraction of sp³-hybridized carbons (Fsp3) is 0. The van der Waals surface area contributed by atoms with Crippen LogP contribution in [0.3, 0.4) is 0 Å². The van der Waals surface area contributed by atoms with Crippen molar-refractivity contribution in [2.45, 2.75) is 0 Å². The molecule has 4 heteroatoms. The van der Waals surface area contributed by atoms with Crippen LogP contribution in [0.15, 0.2) is 527 Å². The minimum Gasteiger partial charge on any atom is -0.456 e. The smallest absolute Gasteiger partial charge is 0.143 e. The van der Waals surface area contributed by atoms with E-state index in [1.807, 2.05) is 12.1 Å². The lowest BCUT2D eigenvalue weighted by Gasteiger charge is -2.20. The van der Waals surface area contributed by atoms with Crippen LogP contribution in [-0.2, 0) is 0 Å². The van der Waals surface area contributed by atoms with Crippen LogP contribution < -0.4 is 0 Å². The zero-order chi connectivity index (χ0) is 96.9. The fourth-order valence-corrected chi connectivity index (χ4v) is 25.4. The Labute approximate surface area is 849 Å². The molecular formula is C144H84O4. The molecule has 0 bridgehead atoms. The van der Waals surface area contributed by atoms with Gasteiger partial charge in [0.1, 0.15) is 44.7 Å². The van der Waals surface area contributed by atoms with Gasteiger partial charge in [0, 0.05) is 59.8 Å². The van der Waals surface area contributed by atoms with Crippen molar-refractivity contribution in [2.75, 3.05) is 0 Å². The Morgan fingerprint density at radius 3 is 0.831 bits per heavy atom. The first kappa shape index (κ1) is 83.1. The molecule has 0 unspecified atom stereocenters. The molecule has 0 amide bonds. The molecule has 0 radical (unpaired) electrons. The highest BCUT2D eigenvalue weighted by atomic mass is 16.3. The van der Waals surface area contributed by atoms with Crippen LogP contribution in [0.5, 0.6) is 0 Å². The second-order valence-electron chi connectivity index (χ2n) is 39.4. The van der Waals surface area contributed by atoms with E-state index in [0.29, 0.717) is 0 Å². The van der Waals surface area contributed by atoms with Crippen molar-refractivity contribution in [1.29, 1.82) is 0 Å². The molecule has 0 fully saturated rings.